The van der Waals surface area contributed by atoms with Crippen molar-refractivity contribution in [3.8, 4) is 22.8 Å². The number of nitrogens with zero attached hydrogens (tertiary/aromatic N) is 2. The number of ether oxygens (including phenoxy) is 2. The lowest BCUT2D eigenvalue weighted by Crippen LogP contribution is -2.34. The Morgan fingerprint density at radius 1 is 1.00 bits per heavy atom. The summed E-state index contributed by atoms with van der Waals surface area (Å²) in [4.78, 5) is 19.6. The Labute approximate surface area is 169 Å². The maximum absolute atomic E-state index is 13.1. The number of carbonyl (C=O) groups is 1. The number of hydrogen-bond acceptors (Lipinski definition) is 5. The number of carbonyl (C=O) groups excluding carboxylic acids is 1. The maximum Gasteiger partial charge on any atom is 0.260 e. The van der Waals surface area contributed by atoms with Crippen LogP contribution < -0.4 is 14.4 Å². The summed E-state index contributed by atoms with van der Waals surface area (Å²) in [5.41, 5.74) is 2.45. The van der Waals surface area contributed by atoms with Gasteiger partial charge in [0.25, 0.3) is 5.91 Å². The van der Waals surface area contributed by atoms with E-state index in [1.54, 1.807) is 43.4 Å². The van der Waals surface area contributed by atoms with E-state index < -0.39 is 0 Å². The van der Waals surface area contributed by atoms with Gasteiger partial charge >= 0.3 is 0 Å². The lowest BCUT2D eigenvalue weighted by molar-refractivity contribution is 0.0984. The molecular weight excluding hydrogens is 372 g/mol. The van der Waals surface area contributed by atoms with Crippen LogP contribution in [-0.2, 0) is 0 Å². The van der Waals surface area contributed by atoms with E-state index in [1.807, 2.05) is 29.6 Å². The SMILES string of the molecule is COc1ccc(C(=O)N(CC(C)C)c2nc(-c3ccc(OC)cc3)cs2)cc1. The fraction of sp³-hybridized carbons (Fsp3) is 0.273. The van der Waals surface area contributed by atoms with Gasteiger partial charge in [-0.3, -0.25) is 9.69 Å². The Kier molecular flexibility index (Phi) is 6.31. The highest BCUT2D eigenvalue weighted by Crippen LogP contribution is 2.30. The molecule has 146 valence electrons. The molecule has 0 saturated carbocycles. The lowest BCUT2D eigenvalue weighted by atomic mass is 10.1. The van der Waals surface area contributed by atoms with Crippen molar-refractivity contribution in [2.24, 2.45) is 5.92 Å². The van der Waals surface area contributed by atoms with E-state index in [0.717, 1.165) is 22.8 Å². The van der Waals surface area contributed by atoms with Gasteiger partial charge in [0.2, 0.25) is 0 Å². The number of thiazole rings is 1. The van der Waals surface area contributed by atoms with Crippen LogP contribution in [0, 0.1) is 5.92 Å². The maximum atomic E-state index is 13.1. The van der Waals surface area contributed by atoms with E-state index in [0.29, 0.717) is 23.2 Å². The van der Waals surface area contributed by atoms with Crippen LogP contribution in [0.4, 0.5) is 5.13 Å². The molecule has 0 fully saturated rings. The predicted octanol–water partition coefficient (Wildman–Crippen LogP) is 5.13. The van der Waals surface area contributed by atoms with Crippen molar-refractivity contribution in [1.29, 1.82) is 0 Å². The Balaban J connectivity index is 1.88. The first kappa shape index (κ1) is 19.9. The quantitative estimate of drug-likeness (QED) is 0.555. The molecule has 0 saturated heterocycles. The Morgan fingerprint density at radius 2 is 1.57 bits per heavy atom. The first-order valence-corrected chi connectivity index (χ1v) is 9.95. The molecular formula is C22H24N2O3S. The third kappa shape index (κ3) is 4.51. The molecule has 0 bridgehead atoms. The van der Waals surface area contributed by atoms with E-state index in [9.17, 15) is 4.79 Å². The first-order chi connectivity index (χ1) is 13.5. The van der Waals surface area contributed by atoms with Gasteiger partial charge in [-0.15, -0.1) is 11.3 Å². The topological polar surface area (TPSA) is 51.7 Å². The fourth-order valence-electron chi connectivity index (χ4n) is 2.79. The zero-order chi connectivity index (χ0) is 20.1. The summed E-state index contributed by atoms with van der Waals surface area (Å²) < 4.78 is 10.4. The highest BCUT2D eigenvalue weighted by atomic mass is 32.1. The number of anilines is 1. The van der Waals surface area contributed by atoms with Crippen molar-refractivity contribution in [1.82, 2.24) is 4.98 Å². The van der Waals surface area contributed by atoms with Gasteiger partial charge in [0, 0.05) is 23.1 Å². The predicted molar refractivity (Wildman–Crippen MR) is 114 cm³/mol. The second kappa shape index (κ2) is 8.89. The molecule has 1 aromatic heterocycles. The van der Waals surface area contributed by atoms with Gasteiger partial charge in [-0.1, -0.05) is 13.8 Å². The summed E-state index contributed by atoms with van der Waals surface area (Å²) in [6, 6.07) is 14.9. The third-order valence-electron chi connectivity index (χ3n) is 4.24. The van der Waals surface area contributed by atoms with Crippen LogP contribution in [0.5, 0.6) is 11.5 Å². The van der Waals surface area contributed by atoms with Crippen molar-refractivity contribution in [3.63, 3.8) is 0 Å². The first-order valence-electron chi connectivity index (χ1n) is 9.07. The molecule has 0 unspecified atom stereocenters. The molecule has 0 N–H and O–H groups in total. The van der Waals surface area contributed by atoms with Crippen LogP contribution in [0.25, 0.3) is 11.3 Å². The van der Waals surface area contributed by atoms with Gasteiger partial charge in [-0.05, 0) is 54.4 Å². The van der Waals surface area contributed by atoms with Crippen LogP contribution in [-0.4, -0.2) is 31.7 Å². The minimum Gasteiger partial charge on any atom is -0.497 e. The number of benzene rings is 2. The molecule has 0 spiro atoms. The minimum absolute atomic E-state index is 0.0630. The number of methoxy groups -OCH3 is 2. The van der Waals surface area contributed by atoms with E-state index in [4.69, 9.17) is 14.5 Å². The number of rotatable bonds is 7. The molecule has 1 heterocycles. The third-order valence-corrected chi connectivity index (χ3v) is 5.10. The highest BCUT2D eigenvalue weighted by Gasteiger charge is 2.22. The zero-order valence-corrected chi connectivity index (χ0v) is 17.3. The molecule has 3 aromatic rings. The van der Waals surface area contributed by atoms with Crippen molar-refractivity contribution >= 4 is 22.4 Å². The standard InChI is InChI=1S/C22H24N2O3S/c1-15(2)13-24(21(25)17-7-11-19(27-4)12-8-17)22-23-20(14-28-22)16-5-9-18(26-3)10-6-16/h5-12,14-15H,13H2,1-4H3. The normalized spacial score (nSPS) is 10.8. The summed E-state index contributed by atoms with van der Waals surface area (Å²) in [6.07, 6.45) is 0. The highest BCUT2D eigenvalue weighted by molar-refractivity contribution is 7.14. The van der Waals surface area contributed by atoms with Gasteiger partial charge < -0.3 is 9.47 Å². The average molecular weight is 397 g/mol. The van der Waals surface area contributed by atoms with Gasteiger partial charge in [0.05, 0.1) is 19.9 Å². The fourth-order valence-corrected chi connectivity index (χ4v) is 3.63. The summed E-state index contributed by atoms with van der Waals surface area (Å²) in [5.74, 6) is 1.78. The number of hydrogen-bond donors (Lipinski definition) is 0. The van der Waals surface area contributed by atoms with Crippen molar-refractivity contribution < 1.29 is 14.3 Å². The molecule has 0 atom stereocenters. The van der Waals surface area contributed by atoms with Crippen LogP contribution in [0.15, 0.2) is 53.9 Å². The van der Waals surface area contributed by atoms with Gasteiger partial charge in [-0.2, -0.15) is 0 Å². The average Bonchev–Trinajstić information content (AvgIpc) is 3.21. The molecule has 0 aliphatic carbocycles. The lowest BCUT2D eigenvalue weighted by Gasteiger charge is -2.22. The smallest absolute Gasteiger partial charge is 0.260 e. The van der Waals surface area contributed by atoms with Crippen molar-refractivity contribution in [3.05, 3.63) is 59.5 Å². The molecule has 28 heavy (non-hydrogen) atoms. The van der Waals surface area contributed by atoms with Gasteiger partial charge in [0.15, 0.2) is 5.13 Å². The molecule has 2 aromatic carbocycles. The van der Waals surface area contributed by atoms with E-state index >= 15 is 0 Å². The van der Waals surface area contributed by atoms with Crippen LogP contribution in [0.1, 0.15) is 24.2 Å². The van der Waals surface area contributed by atoms with Crippen molar-refractivity contribution in [2.75, 3.05) is 25.7 Å². The second-order valence-corrected chi connectivity index (χ2v) is 7.62. The summed E-state index contributed by atoms with van der Waals surface area (Å²) in [5, 5.41) is 2.67. The summed E-state index contributed by atoms with van der Waals surface area (Å²) in [6.45, 7) is 4.78. The molecule has 0 aliphatic heterocycles. The summed E-state index contributed by atoms with van der Waals surface area (Å²) in [7, 11) is 3.25. The molecule has 5 nitrogen and oxygen atoms in total. The molecule has 6 heteroatoms. The van der Waals surface area contributed by atoms with Crippen LogP contribution >= 0.6 is 11.3 Å². The van der Waals surface area contributed by atoms with E-state index in [2.05, 4.69) is 13.8 Å². The monoisotopic (exact) mass is 396 g/mol. The molecule has 0 radical (unpaired) electrons. The van der Waals surface area contributed by atoms with Gasteiger partial charge in [0.1, 0.15) is 11.5 Å². The van der Waals surface area contributed by atoms with Gasteiger partial charge in [-0.25, -0.2) is 4.98 Å². The molecule has 0 aliphatic rings. The van der Waals surface area contributed by atoms with E-state index in [-0.39, 0.29) is 5.91 Å². The zero-order valence-electron chi connectivity index (χ0n) is 16.5. The minimum atomic E-state index is -0.0630. The van der Waals surface area contributed by atoms with E-state index in [1.165, 1.54) is 11.3 Å². The Hall–Kier alpha value is -2.86. The molecule has 3 rings (SSSR count). The Bertz CT molecular complexity index is 918. The largest absolute Gasteiger partial charge is 0.497 e. The molecule has 1 amide bonds. The van der Waals surface area contributed by atoms with Crippen LogP contribution in [0.3, 0.4) is 0 Å². The Morgan fingerprint density at radius 3 is 2.11 bits per heavy atom. The number of aromatic nitrogens is 1. The van der Waals surface area contributed by atoms with Crippen molar-refractivity contribution in [2.45, 2.75) is 13.8 Å². The number of amides is 1. The summed E-state index contributed by atoms with van der Waals surface area (Å²) >= 11 is 1.47. The van der Waals surface area contributed by atoms with Crippen LogP contribution in [0.2, 0.25) is 0 Å². The second-order valence-electron chi connectivity index (χ2n) is 6.78.